The molecule has 1 aromatic rings. The molecule has 1 N–H and O–H groups in total. The zero-order chi connectivity index (χ0) is 15.5. The first-order valence-corrected chi connectivity index (χ1v) is 8.84. The summed E-state index contributed by atoms with van der Waals surface area (Å²) in [4.78, 5) is 2.43. The summed E-state index contributed by atoms with van der Waals surface area (Å²) in [7, 11) is -1.46. The van der Waals surface area contributed by atoms with Gasteiger partial charge in [-0.2, -0.15) is 4.31 Å². The van der Waals surface area contributed by atoms with Gasteiger partial charge < -0.3 is 10.0 Å². The third-order valence-electron chi connectivity index (χ3n) is 4.05. The Kier molecular flexibility index (Phi) is 5.37. The van der Waals surface area contributed by atoms with Crippen LogP contribution in [0.3, 0.4) is 0 Å². The Bertz CT molecular complexity index is 587. The molecule has 0 aromatic heterocycles. The molecule has 118 valence electrons. The molecule has 1 fully saturated rings. The minimum Gasteiger partial charge on any atom is -0.392 e. The summed E-state index contributed by atoms with van der Waals surface area (Å²) in [6.07, 6.45) is 1.63. The zero-order valence-corrected chi connectivity index (χ0v) is 13.6. The minimum atomic E-state index is -3.47. The van der Waals surface area contributed by atoms with Crippen molar-refractivity contribution < 1.29 is 13.5 Å². The standard InChI is InChI=1S/C15H24N2O3S/c1-3-13-5-6-15(11-14(13)12-18)21(19,20)17-8-4-7-16(2)9-10-17/h5-6,11,18H,3-4,7-10,12H2,1-2H3. The van der Waals surface area contributed by atoms with E-state index in [1.807, 2.05) is 20.0 Å². The highest BCUT2D eigenvalue weighted by Crippen LogP contribution is 2.21. The summed E-state index contributed by atoms with van der Waals surface area (Å²) in [6.45, 7) is 4.60. The smallest absolute Gasteiger partial charge is 0.243 e. The topological polar surface area (TPSA) is 60.9 Å². The normalized spacial score (nSPS) is 18.6. The Morgan fingerprint density at radius 1 is 1.14 bits per heavy atom. The Balaban J connectivity index is 2.30. The Morgan fingerprint density at radius 3 is 2.57 bits per heavy atom. The van der Waals surface area contributed by atoms with E-state index >= 15 is 0 Å². The van der Waals surface area contributed by atoms with Crippen molar-refractivity contribution in [1.82, 2.24) is 9.21 Å². The van der Waals surface area contributed by atoms with Crippen molar-refractivity contribution in [2.75, 3.05) is 33.2 Å². The maximum Gasteiger partial charge on any atom is 0.243 e. The van der Waals surface area contributed by atoms with Crippen LogP contribution in [0.2, 0.25) is 0 Å². The van der Waals surface area contributed by atoms with Crippen molar-refractivity contribution in [2.45, 2.75) is 31.3 Å². The number of likely N-dealkylation sites (N-methyl/N-ethyl adjacent to an activating group) is 1. The number of hydrogen-bond donors (Lipinski definition) is 1. The van der Waals surface area contributed by atoms with Crippen LogP contribution in [0.15, 0.2) is 23.1 Å². The Labute approximate surface area is 127 Å². The number of aliphatic hydroxyl groups is 1. The summed E-state index contributed by atoms with van der Waals surface area (Å²) in [5.41, 5.74) is 1.69. The van der Waals surface area contributed by atoms with Crippen molar-refractivity contribution in [3.05, 3.63) is 29.3 Å². The molecule has 1 aliphatic heterocycles. The molecule has 0 unspecified atom stereocenters. The number of aliphatic hydroxyl groups excluding tert-OH is 1. The second kappa shape index (κ2) is 6.87. The lowest BCUT2D eigenvalue weighted by Crippen LogP contribution is -2.34. The van der Waals surface area contributed by atoms with Gasteiger partial charge in [-0.3, -0.25) is 0 Å². The van der Waals surface area contributed by atoms with Gasteiger partial charge in [0.25, 0.3) is 0 Å². The third-order valence-corrected chi connectivity index (χ3v) is 5.94. The molecule has 21 heavy (non-hydrogen) atoms. The maximum atomic E-state index is 12.7. The highest BCUT2D eigenvalue weighted by molar-refractivity contribution is 7.89. The maximum absolute atomic E-state index is 12.7. The van der Waals surface area contributed by atoms with Crippen molar-refractivity contribution in [2.24, 2.45) is 0 Å². The molecule has 2 rings (SSSR count). The summed E-state index contributed by atoms with van der Waals surface area (Å²) in [5, 5.41) is 9.41. The molecule has 6 heteroatoms. The second-order valence-corrected chi connectivity index (χ2v) is 7.44. The number of rotatable bonds is 4. The molecule has 0 atom stereocenters. The van der Waals surface area contributed by atoms with Gasteiger partial charge in [0.1, 0.15) is 0 Å². The highest BCUT2D eigenvalue weighted by atomic mass is 32.2. The summed E-state index contributed by atoms with van der Waals surface area (Å²) in [5.74, 6) is 0. The van der Waals surface area contributed by atoms with Gasteiger partial charge in [-0.1, -0.05) is 13.0 Å². The number of aryl methyl sites for hydroxylation is 1. The predicted octanol–water partition coefficient (Wildman–Crippen LogP) is 1.07. The van der Waals surface area contributed by atoms with Gasteiger partial charge >= 0.3 is 0 Å². The van der Waals surface area contributed by atoms with E-state index in [-0.39, 0.29) is 11.5 Å². The third kappa shape index (κ3) is 3.63. The van der Waals surface area contributed by atoms with Crippen LogP contribution in [0.25, 0.3) is 0 Å². The van der Waals surface area contributed by atoms with Gasteiger partial charge in [0.2, 0.25) is 10.0 Å². The SMILES string of the molecule is CCc1ccc(S(=O)(=O)N2CCCN(C)CC2)cc1CO. The minimum absolute atomic E-state index is 0.130. The molecular formula is C15H24N2O3S. The molecule has 0 bridgehead atoms. The molecule has 0 spiro atoms. The van der Waals surface area contributed by atoms with Crippen molar-refractivity contribution in [3.63, 3.8) is 0 Å². The van der Waals surface area contributed by atoms with Gasteiger partial charge in [-0.25, -0.2) is 8.42 Å². The summed E-state index contributed by atoms with van der Waals surface area (Å²) in [6, 6.07) is 5.08. The van der Waals surface area contributed by atoms with Crippen LogP contribution in [0.1, 0.15) is 24.5 Å². The fourth-order valence-corrected chi connectivity index (χ4v) is 4.19. The average molecular weight is 312 g/mol. The van der Waals surface area contributed by atoms with Gasteiger partial charge in [0, 0.05) is 19.6 Å². The lowest BCUT2D eigenvalue weighted by Gasteiger charge is -2.21. The number of benzene rings is 1. The van der Waals surface area contributed by atoms with Crippen LogP contribution in [-0.4, -0.2) is 56.0 Å². The largest absolute Gasteiger partial charge is 0.392 e. The van der Waals surface area contributed by atoms with E-state index in [9.17, 15) is 13.5 Å². The van der Waals surface area contributed by atoms with E-state index in [0.717, 1.165) is 31.5 Å². The first-order chi connectivity index (χ1) is 9.98. The molecular weight excluding hydrogens is 288 g/mol. The van der Waals surface area contributed by atoms with E-state index in [4.69, 9.17) is 0 Å². The highest BCUT2D eigenvalue weighted by Gasteiger charge is 2.26. The monoisotopic (exact) mass is 312 g/mol. The first-order valence-electron chi connectivity index (χ1n) is 7.40. The fourth-order valence-electron chi connectivity index (χ4n) is 2.67. The lowest BCUT2D eigenvalue weighted by atomic mass is 10.1. The van der Waals surface area contributed by atoms with Gasteiger partial charge in [-0.15, -0.1) is 0 Å². The molecule has 0 aliphatic carbocycles. The molecule has 0 amide bonds. The second-order valence-electron chi connectivity index (χ2n) is 5.50. The predicted molar refractivity (Wildman–Crippen MR) is 82.6 cm³/mol. The van der Waals surface area contributed by atoms with E-state index in [1.54, 1.807) is 16.4 Å². The molecule has 1 heterocycles. The van der Waals surface area contributed by atoms with Gasteiger partial charge in [0.15, 0.2) is 0 Å². The molecule has 1 saturated heterocycles. The molecule has 1 aromatic carbocycles. The van der Waals surface area contributed by atoms with Crippen LogP contribution < -0.4 is 0 Å². The van der Waals surface area contributed by atoms with Gasteiger partial charge in [-0.05, 0) is 49.7 Å². The Hall–Kier alpha value is -0.950. The number of sulfonamides is 1. The van der Waals surface area contributed by atoms with Crippen LogP contribution >= 0.6 is 0 Å². The summed E-state index contributed by atoms with van der Waals surface area (Å²) < 4.78 is 27.0. The average Bonchev–Trinajstić information content (AvgIpc) is 2.71. The van der Waals surface area contributed by atoms with E-state index in [2.05, 4.69) is 4.90 Å². The quantitative estimate of drug-likeness (QED) is 0.903. The van der Waals surface area contributed by atoms with Crippen molar-refractivity contribution in [3.8, 4) is 0 Å². The zero-order valence-electron chi connectivity index (χ0n) is 12.7. The molecule has 5 nitrogen and oxygen atoms in total. The number of hydrogen-bond acceptors (Lipinski definition) is 4. The van der Waals surface area contributed by atoms with Crippen molar-refractivity contribution in [1.29, 1.82) is 0 Å². The van der Waals surface area contributed by atoms with E-state index < -0.39 is 10.0 Å². The van der Waals surface area contributed by atoms with Crippen molar-refractivity contribution >= 4 is 10.0 Å². The molecule has 0 saturated carbocycles. The first kappa shape index (κ1) is 16.4. The van der Waals surface area contributed by atoms with Crippen LogP contribution in [0.5, 0.6) is 0 Å². The molecule has 0 radical (unpaired) electrons. The van der Waals surface area contributed by atoms with Crippen LogP contribution in [-0.2, 0) is 23.1 Å². The van der Waals surface area contributed by atoms with E-state index in [1.165, 1.54) is 0 Å². The van der Waals surface area contributed by atoms with E-state index in [0.29, 0.717) is 18.7 Å². The van der Waals surface area contributed by atoms with Crippen LogP contribution in [0, 0.1) is 0 Å². The van der Waals surface area contributed by atoms with Gasteiger partial charge in [0.05, 0.1) is 11.5 Å². The van der Waals surface area contributed by atoms with Crippen LogP contribution in [0.4, 0.5) is 0 Å². The fraction of sp³-hybridized carbons (Fsp3) is 0.600. The lowest BCUT2D eigenvalue weighted by molar-refractivity contribution is 0.280. The summed E-state index contributed by atoms with van der Waals surface area (Å²) >= 11 is 0. The molecule has 1 aliphatic rings. The Morgan fingerprint density at radius 2 is 1.90 bits per heavy atom. The number of nitrogens with zero attached hydrogens (tertiary/aromatic N) is 2.